The number of esters is 1. The largest absolute Gasteiger partial charge is 0.458 e. The summed E-state index contributed by atoms with van der Waals surface area (Å²) in [7, 11) is 1.89. The van der Waals surface area contributed by atoms with Gasteiger partial charge in [-0.2, -0.15) is 0 Å². The fourth-order valence-electron chi connectivity index (χ4n) is 8.42. The number of ketones is 1. The molecule has 4 aliphatic rings. The maximum atomic E-state index is 12.9. The van der Waals surface area contributed by atoms with Gasteiger partial charge in [-0.15, -0.1) is 0 Å². The van der Waals surface area contributed by atoms with Crippen LogP contribution >= 0.6 is 0 Å². The Bertz CT molecular complexity index is 613. The Hall–Kier alpha value is -0.900. The third-order valence-corrected chi connectivity index (χ3v) is 9.50. The van der Waals surface area contributed by atoms with Crippen molar-refractivity contribution in [3.05, 3.63) is 0 Å². The van der Waals surface area contributed by atoms with E-state index in [2.05, 4.69) is 6.92 Å². The Morgan fingerprint density at radius 1 is 0.875 bits per heavy atom. The molecule has 0 aliphatic heterocycles. The van der Waals surface area contributed by atoms with Crippen LogP contribution in [0.15, 0.2) is 0 Å². The summed E-state index contributed by atoms with van der Waals surface area (Å²) in [6.45, 7) is 12.6. The predicted octanol–water partition coefficient (Wildman–Crippen LogP) is 6.85. The first-order valence-corrected chi connectivity index (χ1v) is 13.6. The van der Waals surface area contributed by atoms with Crippen LogP contribution in [0.25, 0.3) is 0 Å². The standard InChI is InChI=1S/C24H38O4.2C2H6/c1-16(25)28-14-22(26)21-10-9-19-18-8-7-17-6-4-5-12-24(17,15-27-3)20(18)11-13-23(19,21)2;2*1-2/h17-21H,4-15H2,1-3H3;2*1-2H3. The fraction of sp³-hybridized carbons (Fsp3) is 0.929. The van der Waals surface area contributed by atoms with Gasteiger partial charge in [-0.1, -0.05) is 47.5 Å². The lowest BCUT2D eigenvalue weighted by atomic mass is 9.44. The second-order valence-corrected chi connectivity index (χ2v) is 10.5. The van der Waals surface area contributed by atoms with Gasteiger partial charge in [-0.25, -0.2) is 0 Å². The summed E-state index contributed by atoms with van der Waals surface area (Å²) in [6, 6.07) is 0. The normalized spacial score (nSPS) is 39.7. The van der Waals surface area contributed by atoms with E-state index in [0.717, 1.165) is 37.2 Å². The molecule has 4 saturated carbocycles. The molecule has 0 radical (unpaired) electrons. The molecule has 0 spiro atoms. The second-order valence-electron chi connectivity index (χ2n) is 10.5. The van der Waals surface area contributed by atoms with Gasteiger partial charge in [0, 0.05) is 20.0 Å². The van der Waals surface area contributed by atoms with Crippen LogP contribution in [0.3, 0.4) is 0 Å². The first kappa shape index (κ1) is 27.3. The van der Waals surface area contributed by atoms with Crippen molar-refractivity contribution in [3.8, 4) is 0 Å². The van der Waals surface area contributed by atoms with E-state index in [1.165, 1.54) is 58.3 Å². The minimum atomic E-state index is -0.353. The number of fused-ring (bicyclic) bond motifs is 5. The molecule has 0 aromatic rings. The Morgan fingerprint density at radius 3 is 2.25 bits per heavy atom. The van der Waals surface area contributed by atoms with Crippen molar-refractivity contribution in [2.45, 2.75) is 106 Å². The molecule has 0 heterocycles. The molecule has 4 rings (SSSR count). The highest BCUT2D eigenvalue weighted by molar-refractivity contribution is 5.85. The van der Waals surface area contributed by atoms with Crippen LogP contribution in [0.5, 0.6) is 0 Å². The molecule has 7 atom stereocenters. The van der Waals surface area contributed by atoms with Crippen molar-refractivity contribution in [2.75, 3.05) is 20.3 Å². The predicted molar refractivity (Wildman–Crippen MR) is 130 cm³/mol. The van der Waals surface area contributed by atoms with E-state index in [0.29, 0.717) is 11.3 Å². The first-order valence-electron chi connectivity index (χ1n) is 13.6. The summed E-state index contributed by atoms with van der Waals surface area (Å²) in [6.07, 6.45) is 12.7. The molecule has 0 aromatic carbocycles. The van der Waals surface area contributed by atoms with Gasteiger partial charge >= 0.3 is 5.97 Å². The summed E-state index contributed by atoms with van der Waals surface area (Å²) < 4.78 is 10.9. The van der Waals surface area contributed by atoms with Crippen molar-refractivity contribution in [3.63, 3.8) is 0 Å². The number of hydrogen-bond donors (Lipinski definition) is 0. The third-order valence-electron chi connectivity index (χ3n) is 9.50. The topological polar surface area (TPSA) is 52.6 Å². The summed E-state index contributed by atoms with van der Waals surface area (Å²) in [5.74, 6) is 2.87. The van der Waals surface area contributed by atoms with E-state index >= 15 is 0 Å². The SMILES string of the molecule is CC.CC.COCC12CCCCC1CCC1C3CCC(C(=O)COC(C)=O)C3(C)CCC12. The first-order chi connectivity index (χ1) is 15.4. The average Bonchev–Trinajstić information content (AvgIpc) is 3.17. The minimum absolute atomic E-state index is 0.0356. The zero-order valence-electron chi connectivity index (χ0n) is 22.0. The van der Waals surface area contributed by atoms with Gasteiger partial charge in [-0.3, -0.25) is 9.59 Å². The van der Waals surface area contributed by atoms with E-state index in [1.807, 2.05) is 34.8 Å². The van der Waals surface area contributed by atoms with E-state index < -0.39 is 0 Å². The minimum Gasteiger partial charge on any atom is -0.458 e. The lowest BCUT2D eigenvalue weighted by Crippen LogP contribution is -2.56. The average molecular weight is 451 g/mol. The van der Waals surface area contributed by atoms with E-state index in [1.54, 1.807) is 0 Å². The zero-order valence-corrected chi connectivity index (χ0v) is 22.0. The smallest absolute Gasteiger partial charge is 0.303 e. The van der Waals surface area contributed by atoms with Crippen LogP contribution in [0.4, 0.5) is 0 Å². The molecule has 4 aliphatic carbocycles. The quantitative estimate of drug-likeness (QED) is 0.430. The molecule has 0 N–H and O–H groups in total. The third kappa shape index (κ3) is 4.95. The number of carbonyl (C=O) groups excluding carboxylic acids is 2. The van der Waals surface area contributed by atoms with Gasteiger partial charge in [0.25, 0.3) is 0 Å². The molecule has 186 valence electrons. The highest BCUT2D eigenvalue weighted by atomic mass is 16.5. The molecular formula is C28H50O4. The van der Waals surface area contributed by atoms with Crippen molar-refractivity contribution >= 4 is 11.8 Å². The summed E-state index contributed by atoms with van der Waals surface area (Å²) in [5.41, 5.74) is 0.477. The summed E-state index contributed by atoms with van der Waals surface area (Å²) in [5, 5.41) is 0. The molecule has 32 heavy (non-hydrogen) atoms. The molecule has 0 amide bonds. The summed E-state index contributed by atoms with van der Waals surface area (Å²) >= 11 is 0. The van der Waals surface area contributed by atoms with Crippen LogP contribution in [-0.2, 0) is 19.1 Å². The van der Waals surface area contributed by atoms with Crippen molar-refractivity contribution < 1.29 is 19.1 Å². The number of rotatable bonds is 5. The van der Waals surface area contributed by atoms with Crippen molar-refractivity contribution in [1.82, 2.24) is 0 Å². The Balaban J connectivity index is 0.000000860. The number of ether oxygens (including phenoxy) is 2. The molecule has 4 heteroatoms. The van der Waals surface area contributed by atoms with Gasteiger partial charge in [0.1, 0.15) is 6.61 Å². The molecule has 0 aromatic heterocycles. The molecule has 4 fully saturated rings. The molecule has 7 unspecified atom stereocenters. The van der Waals surface area contributed by atoms with Crippen LogP contribution < -0.4 is 0 Å². The zero-order chi connectivity index (χ0) is 23.9. The van der Waals surface area contributed by atoms with E-state index in [9.17, 15) is 9.59 Å². The lowest BCUT2D eigenvalue weighted by Gasteiger charge is -2.61. The highest BCUT2D eigenvalue weighted by Crippen LogP contribution is 2.67. The van der Waals surface area contributed by atoms with Crippen molar-refractivity contribution in [2.24, 2.45) is 40.4 Å². The lowest BCUT2D eigenvalue weighted by molar-refractivity contribution is -0.155. The van der Waals surface area contributed by atoms with Crippen LogP contribution in [0.1, 0.15) is 106 Å². The van der Waals surface area contributed by atoms with Gasteiger partial charge in [0.15, 0.2) is 5.78 Å². The summed E-state index contributed by atoms with van der Waals surface area (Å²) in [4.78, 5) is 24.0. The maximum absolute atomic E-state index is 12.9. The number of carbonyl (C=O) groups is 2. The number of methoxy groups -OCH3 is 1. The highest BCUT2D eigenvalue weighted by Gasteiger charge is 2.61. The van der Waals surface area contributed by atoms with E-state index in [-0.39, 0.29) is 29.7 Å². The molecule has 0 saturated heterocycles. The monoisotopic (exact) mass is 450 g/mol. The van der Waals surface area contributed by atoms with Crippen molar-refractivity contribution in [1.29, 1.82) is 0 Å². The maximum Gasteiger partial charge on any atom is 0.303 e. The Morgan fingerprint density at radius 2 is 1.59 bits per heavy atom. The van der Waals surface area contributed by atoms with Gasteiger partial charge in [-0.05, 0) is 85.9 Å². The van der Waals surface area contributed by atoms with Gasteiger partial charge in [0.05, 0.1) is 6.61 Å². The van der Waals surface area contributed by atoms with Gasteiger partial charge < -0.3 is 9.47 Å². The molecule has 0 bridgehead atoms. The second kappa shape index (κ2) is 12.0. The Labute approximate surface area is 197 Å². The molecular weight excluding hydrogens is 400 g/mol. The van der Waals surface area contributed by atoms with E-state index in [4.69, 9.17) is 9.47 Å². The van der Waals surface area contributed by atoms with Crippen LogP contribution in [0, 0.1) is 40.4 Å². The Kier molecular flexibility index (Phi) is 10.2. The van der Waals surface area contributed by atoms with Crippen LogP contribution in [-0.4, -0.2) is 32.1 Å². The van der Waals surface area contributed by atoms with Crippen LogP contribution in [0.2, 0.25) is 0 Å². The van der Waals surface area contributed by atoms with Gasteiger partial charge in [0.2, 0.25) is 0 Å². The number of Topliss-reactive ketones (excluding diaryl/α,β-unsaturated/α-hetero) is 1. The fourth-order valence-corrected chi connectivity index (χ4v) is 8.42. The molecule has 4 nitrogen and oxygen atoms in total. The number of hydrogen-bond acceptors (Lipinski definition) is 4.